The third kappa shape index (κ3) is 2.57. The molecule has 0 saturated carbocycles. The van der Waals surface area contributed by atoms with Crippen molar-refractivity contribution < 1.29 is 5.11 Å². The molecular formula is C13H16N4O. The largest absolute Gasteiger partial charge is 0.508 e. The standard InChI is InChI=1S/C13H16N4O/c1-8(2)11-7-12(17-14)16-13(15-11)9-3-5-10(18)6-4-9/h3-8,18H,14H2,1-2H3,(H,15,16,17). The summed E-state index contributed by atoms with van der Waals surface area (Å²) in [6.07, 6.45) is 0. The van der Waals surface area contributed by atoms with E-state index in [2.05, 4.69) is 29.2 Å². The Morgan fingerprint density at radius 1 is 1.17 bits per heavy atom. The summed E-state index contributed by atoms with van der Waals surface area (Å²) in [4.78, 5) is 8.80. The highest BCUT2D eigenvalue weighted by Gasteiger charge is 2.09. The number of nitrogens with zero attached hydrogens (tertiary/aromatic N) is 2. The van der Waals surface area contributed by atoms with E-state index in [0.717, 1.165) is 11.3 Å². The third-order valence-electron chi connectivity index (χ3n) is 2.61. The normalized spacial score (nSPS) is 10.7. The molecule has 0 unspecified atom stereocenters. The summed E-state index contributed by atoms with van der Waals surface area (Å²) in [7, 11) is 0. The number of nitrogens with two attached hydrogens (primary N) is 1. The van der Waals surface area contributed by atoms with Crippen LogP contribution in [0.4, 0.5) is 5.82 Å². The molecule has 4 N–H and O–H groups in total. The highest BCUT2D eigenvalue weighted by molar-refractivity contribution is 5.58. The van der Waals surface area contributed by atoms with Gasteiger partial charge in [-0.3, -0.25) is 0 Å². The number of rotatable bonds is 3. The van der Waals surface area contributed by atoms with Crippen molar-refractivity contribution in [2.24, 2.45) is 5.84 Å². The maximum Gasteiger partial charge on any atom is 0.161 e. The van der Waals surface area contributed by atoms with E-state index in [0.29, 0.717) is 11.6 Å². The Morgan fingerprint density at radius 2 is 1.83 bits per heavy atom. The SMILES string of the molecule is CC(C)c1cc(NN)nc(-c2ccc(O)cc2)n1. The van der Waals surface area contributed by atoms with Crippen molar-refractivity contribution in [1.82, 2.24) is 9.97 Å². The predicted octanol–water partition coefficient (Wildman–Crippen LogP) is 2.26. The van der Waals surface area contributed by atoms with Crippen LogP contribution in [0.1, 0.15) is 25.5 Å². The molecule has 0 amide bonds. The zero-order valence-corrected chi connectivity index (χ0v) is 10.4. The summed E-state index contributed by atoms with van der Waals surface area (Å²) in [6.45, 7) is 4.12. The predicted molar refractivity (Wildman–Crippen MR) is 71.0 cm³/mol. The molecule has 0 aliphatic rings. The highest BCUT2D eigenvalue weighted by atomic mass is 16.3. The Morgan fingerprint density at radius 3 is 2.39 bits per heavy atom. The summed E-state index contributed by atoms with van der Waals surface area (Å²) in [5.74, 6) is 7.09. The number of hydrogen-bond acceptors (Lipinski definition) is 5. The minimum atomic E-state index is 0.218. The van der Waals surface area contributed by atoms with Gasteiger partial charge in [0.2, 0.25) is 0 Å². The molecule has 5 heteroatoms. The van der Waals surface area contributed by atoms with E-state index in [1.807, 2.05) is 6.07 Å². The summed E-state index contributed by atoms with van der Waals surface area (Å²) in [5, 5.41) is 9.27. The minimum absolute atomic E-state index is 0.218. The number of hydrogen-bond donors (Lipinski definition) is 3. The second-order valence-electron chi connectivity index (χ2n) is 4.35. The van der Waals surface area contributed by atoms with Gasteiger partial charge in [-0.05, 0) is 30.2 Å². The number of hydrazine groups is 1. The van der Waals surface area contributed by atoms with Gasteiger partial charge in [0.15, 0.2) is 5.82 Å². The first-order valence-corrected chi connectivity index (χ1v) is 5.75. The number of nitrogens with one attached hydrogen (secondary N) is 1. The molecule has 0 fully saturated rings. The van der Waals surface area contributed by atoms with Crippen molar-refractivity contribution in [3.8, 4) is 17.1 Å². The van der Waals surface area contributed by atoms with E-state index < -0.39 is 0 Å². The minimum Gasteiger partial charge on any atom is -0.508 e. The fraction of sp³-hybridized carbons (Fsp3) is 0.231. The van der Waals surface area contributed by atoms with Crippen LogP contribution < -0.4 is 11.3 Å². The fourth-order valence-corrected chi connectivity index (χ4v) is 1.58. The first kappa shape index (κ1) is 12.3. The van der Waals surface area contributed by atoms with E-state index in [9.17, 15) is 5.11 Å². The first-order chi connectivity index (χ1) is 8.60. The molecule has 0 spiro atoms. The van der Waals surface area contributed by atoms with Gasteiger partial charge >= 0.3 is 0 Å². The van der Waals surface area contributed by atoms with Crippen LogP contribution in [0.5, 0.6) is 5.75 Å². The Labute approximate surface area is 106 Å². The van der Waals surface area contributed by atoms with Crippen molar-refractivity contribution >= 4 is 5.82 Å². The number of phenols is 1. The number of aromatic hydroxyl groups is 1. The number of phenolic OH excluding ortho intramolecular Hbond substituents is 1. The van der Waals surface area contributed by atoms with Crippen LogP contribution in [0.25, 0.3) is 11.4 Å². The molecule has 0 aliphatic carbocycles. The molecule has 0 saturated heterocycles. The molecule has 1 aromatic carbocycles. The molecule has 94 valence electrons. The Kier molecular flexibility index (Phi) is 3.43. The zero-order chi connectivity index (χ0) is 13.1. The van der Waals surface area contributed by atoms with Gasteiger partial charge in [-0.1, -0.05) is 13.8 Å². The van der Waals surface area contributed by atoms with Crippen molar-refractivity contribution in [1.29, 1.82) is 0 Å². The summed E-state index contributed by atoms with van der Waals surface area (Å²) in [6, 6.07) is 8.59. The van der Waals surface area contributed by atoms with Crippen LogP contribution in [0, 0.1) is 0 Å². The Balaban J connectivity index is 2.49. The molecule has 18 heavy (non-hydrogen) atoms. The molecule has 0 radical (unpaired) electrons. The summed E-state index contributed by atoms with van der Waals surface area (Å²) >= 11 is 0. The highest BCUT2D eigenvalue weighted by Crippen LogP contribution is 2.22. The zero-order valence-electron chi connectivity index (χ0n) is 10.4. The topological polar surface area (TPSA) is 84.1 Å². The van der Waals surface area contributed by atoms with Gasteiger partial charge in [-0.25, -0.2) is 15.8 Å². The van der Waals surface area contributed by atoms with Crippen molar-refractivity contribution in [3.63, 3.8) is 0 Å². The third-order valence-corrected chi connectivity index (χ3v) is 2.61. The van der Waals surface area contributed by atoms with Gasteiger partial charge in [0.1, 0.15) is 11.6 Å². The van der Waals surface area contributed by atoms with E-state index in [-0.39, 0.29) is 11.7 Å². The fourth-order valence-electron chi connectivity index (χ4n) is 1.58. The molecular weight excluding hydrogens is 228 g/mol. The van der Waals surface area contributed by atoms with Crippen LogP contribution in [0.15, 0.2) is 30.3 Å². The molecule has 1 heterocycles. The lowest BCUT2D eigenvalue weighted by atomic mass is 10.1. The van der Waals surface area contributed by atoms with E-state index in [1.165, 1.54) is 0 Å². The van der Waals surface area contributed by atoms with E-state index >= 15 is 0 Å². The lowest BCUT2D eigenvalue weighted by Gasteiger charge is -2.10. The molecule has 0 atom stereocenters. The van der Waals surface area contributed by atoms with Gasteiger partial charge in [0, 0.05) is 17.3 Å². The lowest BCUT2D eigenvalue weighted by Crippen LogP contribution is -2.11. The molecule has 0 bridgehead atoms. The lowest BCUT2D eigenvalue weighted by molar-refractivity contribution is 0.475. The second kappa shape index (κ2) is 5.01. The van der Waals surface area contributed by atoms with E-state index in [4.69, 9.17) is 5.84 Å². The van der Waals surface area contributed by atoms with Gasteiger partial charge in [0.05, 0.1) is 0 Å². The van der Waals surface area contributed by atoms with Crippen LogP contribution in [0.2, 0.25) is 0 Å². The number of aromatic nitrogens is 2. The second-order valence-corrected chi connectivity index (χ2v) is 4.35. The first-order valence-electron chi connectivity index (χ1n) is 5.75. The summed E-state index contributed by atoms with van der Waals surface area (Å²) < 4.78 is 0. The van der Waals surface area contributed by atoms with Crippen LogP contribution in [-0.4, -0.2) is 15.1 Å². The van der Waals surface area contributed by atoms with Crippen molar-refractivity contribution in [2.45, 2.75) is 19.8 Å². The number of nitrogen functional groups attached to an aromatic ring is 1. The van der Waals surface area contributed by atoms with Gasteiger partial charge in [-0.15, -0.1) is 0 Å². The molecule has 2 aromatic rings. The van der Waals surface area contributed by atoms with Gasteiger partial charge in [0.25, 0.3) is 0 Å². The molecule has 2 rings (SSSR count). The molecule has 5 nitrogen and oxygen atoms in total. The smallest absolute Gasteiger partial charge is 0.161 e. The van der Waals surface area contributed by atoms with Crippen LogP contribution in [0.3, 0.4) is 0 Å². The monoisotopic (exact) mass is 244 g/mol. The van der Waals surface area contributed by atoms with Gasteiger partial charge < -0.3 is 10.5 Å². The van der Waals surface area contributed by atoms with E-state index in [1.54, 1.807) is 24.3 Å². The quantitative estimate of drug-likeness (QED) is 0.569. The number of benzene rings is 1. The Bertz CT molecular complexity index is 537. The molecule has 0 aliphatic heterocycles. The maximum absolute atomic E-state index is 9.27. The van der Waals surface area contributed by atoms with Gasteiger partial charge in [-0.2, -0.15) is 0 Å². The van der Waals surface area contributed by atoms with Crippen LogP contribution in [-0.2, 0) is 0 Å². The van der Waals surface area contributed by atoms with Crippen molar-refractivity contribution in [2.75, 3.05) is 5.43 Å². The Hall–Kier alpha value is -2.14. The number of anilines is 1. The average Bonchev–Trinajstić information content (AvgIpc) is 2.39. The van der Waals surface area contributed by atoms with Crippen molar-refractivity contribution in [3.05, 3.63) is 36.0 Å². The molecule has 1 aromatic heterocycles. The average molecular weight is 244 g/mol. The summed E-state index contributed by atoms with van der Waals surface area (Å²) in [5.41, 5.74) is 4.30. The van der Waals surface area contributed by atoms with Crippen LogP contribution >= 0.6 is 0 Å². The maximum atomic E-state index is 9.27.